The molecular weight excluding hydrogens is 356 g/mol. The highest BCUT2D eigenvalue weighted by molar-refractivity contribution is 6.04. The predicted octanol–water partition coefficient (Wildman–Crippen LogP) is 6.48. The van der Waals surface area contributed by atoms with E-state index in [0.29, 0.717) is 5.56 Å². The van der Waals surface area contributed by atoms with E-state index in [1.54, 1.807) is 0 Å². The van der Waals surface area contributed by atoms with Crippen molar-refractivity contribution in [2.75, 3.05) is 5.32 Å². The van der Waals surface area contributed by atoms with E-state index in [0.717, 1.165) is 36.0 Å². The second-order valence-electron chi connectivity index (χ2n) is 7.32. The molecule has 0 saturated heterocycles. The lowest BCUT2D eigenvalue weighted by Gasteiger charge is -2.19. The van der Waals surface area contributed by atoms with Crippen LogP contribution in [0, 0.1) is 0 Å². The molecule has 0 fully saturated rings. The number of para-hydroxylation sites is 2. The van der Waals surface area contributed by atoms with Crippen molar-refractivity contribution < 1.29 is 4.79 Å². The summed E-state index contributed by atoms with van der Waals surface area (Å²) in [6, 6.07) is 27.4. The number of fused-ring (bicyclic) bond motifs is 1. The van der Waals surface area contributed by atoms with Gasteiger partial charge in [-0.2, -0.15) is 0 Å². The van der Waals surface area contributed by atoms with E-state index >= 15 is 0 Å². The zero-order valence-corrected chi connectivity index (χ0v) is 16.7. The molecule has 0 bridgehead atoms. The number of carbonyl (C=O) groups excluding carboxylic acids is 1. The molecule has 1 atom stereocenters. The van der Waals surface area contributed by atoms with Crippen molar-refractivity contribution in [2.45, 2.75) is 32.4 Å². The minimum Gasteiger partial charge on any atom is -0.371 e. The van der Waals surface area contributed by atoms with Crippen LogP contribution in [0.1, 0.15) is 41.7 Å². The number of anilines is 1. The van der Waals surface area contributed by atoms with Crippen molar-refractivity contribution in [3.63, 3.8) is 0 Å². The Kier molecular flexibility index (Phi) is 5.76. The molecule has 3 aromatic carbocycles. The standard InChI is InChI=1S/C26H26N2O/c1-2-3-18-28-19-23(22-16-10-11-17-24(22)28)25(27-21-14-8-5-9-15-21)26(29)20-12-6-4-7-13-20/h4-17,19,25,27H,2-3,18H2,1H3. The number of hydrogen-bond donors (Lipinski definition) is 1. The van der Waals surface area contributed by atoms with Crippen LogP contribution in [-0.2, 0) is 6.54 Å². The molecule has 4 rings (SSSR count). The Morgan fingerprint density at radius 2 is 1.55 bits per heavy atom. The minimum absolute atomic E-state index is 0.0767. The Morgan fingerprint density at radius 3 is 2.28 bits per heavy atom. The fraction of sp³-hybridized carbons (Fsp3) is 0.192. The Morgan fingerprint density at radius 1 is 0.897 bits per heavy atom. The maximum atomic E-state index is 13.5. The summed E-state index contributed by atoms with van der Waals surface area (Å²) in [7, 11) is 0. The maximum Gasteiger partial charge on any atom is 0.189 e. The monoisotopic (exact) mass is 382 g/mol. The van der Waals surface area contributed by atoms with Crippen molar-refractivity contribution in [2.24, 2.45) is 0 Å². The maximum absolute atomic E-state index is 13.5. The second-order valence-corrected chi connectivity index (χ2v) is 7.32. The molecular formula is C26H26N2O. The number of unbranched alkanes of at least 4 members (excludes halogenated alkanes) is 1. The van der Waals surface area contributed by atoms with Gasteiger partial charge in [0.05, 0.1) is 0 Å². The molecule has 0 amide bonds. The second kappa shape index (κ2) is 8.78. The summed E-state index contributed by atoms with van der Waals surface area (Å²) in [5.74, 6) is 0.0767. The summed E-state index contributed by atoms with van der Waals surface area (Å²) >= 11 is 0. The number of benzene rings is 3. The van der Waals surface area contributed by atoms with E-state index in [1.165, 1.54) is 5.52 Å². The number of ketones is 1. The highest BCUT2D eigenvalue weighted by Crippen LogP contribution is 2.31. The molecule has 1 N–H and O–H groups in total. The number of nitrogens with one attached hydrogen (secondary N) is 1. The van der Waals surface area contributed by atoms with Gasteiger partial charge in [-0.1, -0.05) is 80.1 Å². The zero-order chi connectivity index (χ0) is 20.1. The van der Waals surface area contributed by atoms with E-state index in [4.69, 9.17) is 0 Å². The molecule has 0 radical (unpaired) electrons. The number of carbonyl (C=O) groups is 1. The molecule has 0 aliphatic heterocycles. The van der Waals surface area contributed by atoms with Gasteiger partial charge in [0.1, 0.15) is 6.04 Å². The molecule has 0 aliphatic rings. The molecule has 29 heavy (non-hydrogen) atoms. The lowest BCUT2D eigenvalue weighted by molar-refractivity contribution is 0.0970. The van der Waals surface area contributed by atoms with Crippen LogP contribution in [-0.4, -0.2) is 10.4 Å². The van der Waals surface area contributed by atoms with Crippen LogP contribution in [0.4, 0.5) is 5.69 Å². The lowest BCUT2D eigenvalue weighted by Crippen LogP contribution is -2.21. The normalized spacial score (nSPS) is 12.0. The van der Waals surface area contributed by atoms with Crippen LogP contribution < -0.4 is 5.32 Å². The third kappa shape index (κ3) is 4.09. The van der Waals surface area contributed by atoms with E-state index in [9.17, 15) is 4.79 Å². The Hall–Kier alpha value is -3.33. The van der Waals surface area contributed by atoms with Gasteiger partial charge in [-0.05, 0) is 24.6 Å². The molecule has 0 spiro atoms. The van der Waals surface area contributed by atoms with Gasteiger partial charge in [0, 0.05) is 40.5 Å². The average molecular weight is 383 g/mol. The van der Waals surface area contributed by atoms with Crippen LogP contribution in [0.5, 0.6) is 0 Å². The fourth-order valence-electron chi connectivity index (χ4n) is 3.77. The van der Waals surface area contributed by atoms with Crippen molar-refractivity contribution in [1.29, 1.82) is 0 Å². The summed E-state index contributed by atoms with van der Waals surface area (Å²) in [5.41, 5.74) is 3.85. The molecule has 0 saturated carbocycles. The van der Waals surface area contributed by atoms with Gasteiger partial charge < -0.3 is 9.88 Å². The third-order valence-electron chi connectivity index (χ3n) is 5.29. The number of hydrogen-bond acceptors (Lipinski definition) is 2. The number of rotatable bonds is 8. The number of Topliss-reactive ketones (excluding diaryl/α,β-unsaturated/α-hetero) is 1. The predicted molar refractivity (Wildman–Crippen MR) is 120 cm³/mol. The number of nitrogens with zero attached hydrogens (tertiary/aromatic N) is 1. The summed E-state index contributed by atoms with van der Waals surface area (Å²) in [6.45, 7) is 3.15. The first-order valence-corrected chi connectivity index (χ1v) is 10.3. The SMILES string of the molecule is CCCCn1cc(C(Nc2ccccc2)C(=O)c2ccccc2)c2ccccc21. The fourth-order valence-corrected chi connectivity index (χ4v) is 3.77. The van der Waals surface area contributed by atoms with Crippen LogP contribution in [0.2, 0.25) is 0 Å². The smallest absolute Gasteiger partial charge is 0.189 e. The third-order valence-corrected chi connectivity index (χ3v) is 5.29. The topological polar surface area (TPSA) is 34.0 Å². The Labute approximate surface area is 172 Å². The van der Waals surface area contributed by atoms with Crippen LogP contribution in [0.3, 0.4) is 0 Å². The summed E-state index contributed by atoms with van der Waals surface area (Å²) in [4.78, 5) is 13.5. The van der Waals surface area contributed by atoms with Crippen molar-refractivity contribution in [1.82, 2.24) is 4.57 Å². The first kappa shape index (κ1) is 19.0. The van der Waals surface area contributed by atoms with Gasteiger partial charge in [0.15, 0.2) is 5.78 Å². The van der Waals surface area contributed by atoms with Crippen molar-refractivity contribution in [3.8, 4) is 0 Å². The summed E-state index contributed by atoms with van der Waals surface area (Å²) in [6.07, 6.45) is 4.40. The van der Waals surface area contributed by atoms with Gasteiger partial charge in [-0.15, -0.1) is 0 Å². The molecule has 0 aliphatic carbocycles. The zero-order valence-electron chi connectivity index (χ0n) is 16.7. The Bertz CT molecular complexity index is 1080. The highest BCUT2D eigenvalue weighted by Gasteiger charge is 2.25. The van der Waals surface area contributed by atoms with Crippen molar-refractivity contribution >= 4 is 22.4 Å². The quantitative estimate of drug-likeness (QED) is 0.354. The highest BCUT2D eigenvalue weighted by atomic mass is 16.1. The molecule has 1 aromatic heterocycles. The van der Waals surface area contributed by atoms with E-state index < -0.39 is 6.04 Å². The molecule has 1 heterocycles. The number of aryl methyl sites for hydroxylation is 1. The summed E-state index contributed by atoms with van der Waals surface area (Å²) in [5, 5.41) is 4.62. The first-order valence-electron chi connectivity index (χ1n) is 10.3. The van der Waals surface area contributed by atoms with Crippen LogP contribution >= 0.6 is 0 Å². The largest absolute Gasteiger partial charge is 0.371 e. The van der Waals surface area contributed by atoms with Gasteiger partial charge in [-0.3, -0.25) is 4.79 Å². The van der Waals surface area contributed by atoms with Gasteiger partial charge >= 0.3 is 0 Å². The lowest BCUT2D eigenvalue weighted by atomic mass is 9.96. The molecule has 1 unspecified atom stereocenters. The molecule has 4 aromatic rings. The Balaban J connectivity index is 1.81. The average Bonchev–Trinajstić information content (AvgIpc) is 3.15. The van der Waals surface area contributed by atoms with Gasteiger partial charge in [-0.25, -0.2) is 0 Å². The molecule has 146 valence electrons. The number of aromatic nitrogens is 1. The minimum atomic E-state index is -0.451. The van der Waals surface area contributed by atoms with Crippen molar-refractivity contribution in [3.05, 3.63) is 102 Å². The van der Waals surface area contributed by atoms with Crippen LogP contribution in [0.25, 0.3) is 10.9 Å². The van der Waals surface area contributed by atoms with E-state index in [1.807, 2.05) is 66.7 Å². The van der Waals surface area contributed by atoms with Gasteiger partial charge in [0.25, 0.3) is 0 Å². The first-order chi connectivity index (χ1) is 14.3. The van der Waals surface area contributed by atoms with Crippen LogP contribution in [0.15, 0.2) is 91.1 Å². The molecule has 3 heteroatoms. The summed E-state index contributed by atoms with van der Waals surface area (Å²) < 4.78 is 2.28. The van der Waals surface area contributed by atoms with E-state index in [2.05, 4.69) is 41.2 Å². The van der Waals surface area contributed by atoms with E-state index in [-0.39, 0.29) is 5.78 Å². The van der Waals surface area contributed by atoms with Gasteiger partial charge in [0.2, 0.25) is 0 Å². The molecule has 3 nitrogen and oxygen atoms in total.